The fraction of sp³-hybridized carbons (Fsp3) is 0.500. The molecule has 0 saturated carbocycles. The number of likely N-dealkylation sites (N-methyl/N-ethyl adjacent to an activating group) is 1. The zero-order chi connectivity index (χ0) is 13.3. The predicted octanol–water partition coefficient (Wildman–Crippen LogP) is 3.26. The Morgan fingerprint density at radius 2 is 1.89 bits per heavy atom. The number of aromatic nitrogens is 1. The summed E-state index contributed by atoms with van der Waals surface area (Å²) in [6.45, 7) is 10.9. The van der Waals surface area contributed by atoms with Crippen molar-refractivity contribution in [2.75, 3.05) is 13.1 Å². The van der Waals surface area contributed by atoms with Gasteiger partial charge < -0.3 is 9.88 Å². The van der Waals surface area contributed by atoms with E-state index in [2.05, 4.69) is 56.8 Å². The molecule has 2 nitrogen and oxygen atoms in total. The summed E-state index contributed by atoms with van der Waals surface area (Å²) in [6, 6.07) is 4.60. The molecule has 0 spiro atoms. The van der Waals surface area contributed by atoms with Gasteiger partial charge in [-0.15, -0.1) is 0 Å². The van der Waals surface area contributed by atoms with Crippen molar-refractivity contribution < 1.29 is 0 Å². The number of nitrogens with zero attached hydrogens (tertiary/aromatic N) is 1. The van der Waals surface area contributed by atoms with E-state index in [9.17, 15) is 0 Å². The molecular formula is C16H24N2. The van der Waals surface area contributed by atoms with Gasteiger partial charge in [-0.05, 0) is 57.5 Å². The van der Waals surface area contributed by atoms with Crippen LogP contribution < -0.4 is 5.32 Å². The van der Waals surface area contributed by atoms with Gasteiger partial charge in [0.15, 0.2) is 0 Å². The molecule has 0 aliphatic carbocycles. The SMILES string of the molecule is CCNCCc1c(C)n(C)c2c(C)cc(C)cc12. The normalized spacial score (nSPS) is 11.4. The molecule has 0 aliphatic heterocycles. The second-order valence-corrected chi connectivity index (χ2v) is 5.20. The number of nitrogens with one attached hydrogen (secondary N) is 1. The van der Waals surface area contributed by atoms with Crippen molar-refractivity contribution in [1.82, 2.24) is 9.88 Å². The number of hydrogen-bond acceptors (Lipinski definition) is 1. The maximum absolute atomic E-state index is 3.42. The molecule has 98 valence electrons. The Kier molecular flexibility index (Phi) is 3.76. The lowest BCUT2D eigenvalue weighted by molar-refractivity contribution is 0.714. The summed E-state index contributed by atoms with van der Waals surface area (Å²) in [5.41, 5.74) is 7.03. The molecule has 0 amide bonds. The lowest BCUT2D eigenvalue weighted by atomic mass is 10.0. The van der Waals surface area contributed by atoms with Crippen LogP contribution in [-0.2, 0) is 13.5 Å². The average Bonchev–Trinajstić information content (AvgIpc) is 2.54. The summed E-state index contributed by atoms with van der Waals surface area (Å²) in [5, 5.41) is 4.85. The molecule has 1 heterocycles. The Morgan fingerprint density at radius 1 is 1.17 bits per heavy atom. The van der Waals surface area contributed by atoms with Crippen molar-refractivity contribution in [3.63, 3.8) is 0 Å². The Morgan fingerprint density at radius 3 is 2.56 bits per heavy atom. The number of benzene rings is 1. The molecule has 0 bridgehead atoms. The lowest BCUT2D eigenvalue weighted by Gasteiger charge is -2.04. The van der Waals surface area contributed by atoms with Gasteiger partial charge in [-0.3, -0.25) is 0 Å². The quantitative estimate of drug-likeness (QED) is 0.817. The highest BCUT2D eigenvalue weighted by atomic mass is 14.9. The molecule has 1 N–H and O–H groups in total. The van der Waals surface area contributed by atoms with Gasteiger partial charge in [0.25, 0.3) is 0 Å². The molecule has 18 heavy (non-hydrogen) atoms. The van der Waals surface area contributed by atoms with Crippen molar-refractivity contribution in [1.29, 1.82) is 0 Å². The molecule has 0 fully saturated rings. The molecule has 1 aromatic carbocycles. The minimum absolute atomic E-state index is 1.04. The molecule has 0 atom stereocenters. The Labute approximate surface area is 110 Å². The van der Waals surface area contributed by atoms with E-state index in [1.165, 1.54) is 33.3 Å². The minimum atomic E-state index is 1.04. The fourth-order valence-corrected chi connectivity index (χ4v) is 2.91. The molecule has 2 aromatic rings. The number of fused-ring (bicyclic) bond motifs is 1. The highest BCUT2D eigenvalue weighted by Crippen LogP contribution is 2.28. The van der Waals surface area contributed by atoms with Crippen molar-refractivity contribution in [2.24, 2.45) is 7.05 Å². The topological polar surface area (TPSA) is 17.0 Å². The largest absolute Gasteiger partial charge is 0.347 e. The van der Waals surface area contributed by atoms with Crippen LogP contribution in [0.2, 0.25) is 0 Å². The van der Waals surface area contributed by atoms with Crippen LogP contribution >= 0.6 is 0 Å². The Bertz CT molecular complexity index is 564. The van der Waals surface area contributed by atoms with Gasteiger partial charge in [0, 0.05) is 18.1 Å². The van der Waals surface area contributed by atoms with Crippen LogP contribution in [0.5, 0.6) is 0 Å². The Balaban J connectivity index is 2.54. The summed E-state index contributed by atoms with van der Waals surface area (Å²) >= 11 is 0. The van der Waals surface area contributed by atoms with Crippen molar-refractivity contribution in [2.45, 2.75) is 34.1 Å². The zero-order valence-corrected chi connectivity index (χ0v) is 12.2. The second-order valence-electron chi connectivity index (χ2n) is 5.20. The van der Waals surface area contributed by atoms with E-state index in [1.807, 2.05) is 0 Å². The fourth-order valence-electron chi connectivity index (χ4n) is 2.91. The first-order valence-electron chi connectivity index (χ1n) is 6.82. The van der Waals surface area contributed by atoms with E-state index in [-0.39, 0.29) is 0 Å². The average molecular weight is 244 g/mol. The van der Waals surface area contributed by atoms with Crippen LogP contribution in [0, 0.1) is 20.8 Å². The van der Waals surface area contributed by atoms with E-state index in [0.717, 1.165) is 19.5 Å². The first-order chi connectivity index (χ1) is 8.56. The lowest BCUT2D eigenvalue weighted by Crippen LogP contribution is -2.16. The highest BCUT2D eigenvalue weighted by Gasteiger charge is 2.13. The highest BCUT2D eigenvalue weighted by molar-refractivity contribution is 5.88. The molecule has 2 rings (SSSR count). The molecule has 0 aliphatic rings. The predicted molar refractivity (Wildman–Crippen MR) is 79.4 cm³/mol. The summed E-state index contributed by atoms with van der Waals surface area (Å²) in [6.07, 6.45) is 1.11. The third kappa shape index (κ3) is 2.17. The molecule has 0 radical (unpaired) electrons. The van der Waals surface area contributed by atoms with Crippen LogP contribution in [0.3, 0.4) is 0 Å². The first-order valence-corrected chi connectivity index (χ1v) is 6.82. The number of hydrogen-bond donors (Lipinski definition) is 1. The van der Waals surface area contributed by atoms with Crippen LogP contribution in [-0.4, -0.2) is 17.7 Å². The van der Waals surface area contributed by atoms with Gasteiger partial charge in [0.1, 0.15) is 0 Å². The summed E-state index contributed by atoms with van der Waals surface area (Å²) in [7, 11) is 2.18. The summed E-state index contributed by atoms with van der Waals surface area (Å²) < 4.78 is 2.34. The summed E-state index contributed by atoms with van der Waals surface area (Å²) in [5.74, 6) is 0. The van der Waals surface area contributed by atoms with Gasteiger partial charge >= 0.3 is 0 Å². The van der Waals surface area contributed by atoms with Gasteiger partial charge in [0.2, 0.25) is 0 Å². The van der Waals surface area contributed by atoms with Crippen molar-refractivity contribution >= 4 is 10.9 Å². The third-order valence-electron chi connectivity index (χ3n) is 3.85. The van der Waals surface area contributed by atoms with E-state index in [1.54, 1.807) is 0 Å². The maximum Gasteiger partial charge on any atom is 0.0512 e. The number of aryl methyl sites for hydroxylation is 3. The van der Waals surface area contributed by atoms with E-state index in [0.29, 0.717) is 0 Å². The summed E-state index contributed by atoms with van der Waals surface area (Å²) in [4.78, 5) is 0. The van der Waals surface area contributed by atoms with Crippen LogP contribution in [0.1, 0.15) is 29.3 Å². The second kappa shape index (κ2) is 5.15. The van der Waals surface area contributed by atoms with E-state index >= 15 is 0 Å². The zero-order valence-electron chi connectivity index (χ0n) is 12.2. The van der Waals surface area contributed by atoms with Gasteiger partial charge in [-0.2, -0.15) is 0 Å². The Hall–Kier alpha value is -1.28. The standard InChI is InChI=1S/C16H24N2/c1-6-17-8-7-14-13(4)18(5)16-12(3)9-11(2)10-15(14)16/h9-10,17H,6-8H2,1-5H3. The van der Waals surface area contributed by atoms with Crippen LogP contribution in [0.25, 0.3) is 10.9 Å². The van der Waals surface area contributed by atoms with Crippen LogP contribution in [0.4, 0.5) is 0 Å². The smallest absolute Gasteiger partial charge is 0.0512 e. The van der Waals surface area contributed by atoms with Gasteiger partial charge in [-0.1, -0.05) is 18.6 Å². The molecule has 1 aromatic heterocycles. The van der Waals surface area contributed by atoms with E-state index < -0.39 is 0 Å². The molecule has 0 unspecified atom stereocenters. The van der Waals surface area contributed by atoms with Crippen LogP contribution in [0.15, 0.2) is 12.1 Å². The van der Waals surface area contributed by atoms with Crippen molar-refractivity contribution in [3.8, 4) is 0 Å². The van der Waals surface area contributed by atoms with Gasteiger partial charge in [0.05, 0.1) is 5.52 Å². The van der Waals surface area contributed by atoms with E-state index in [4.69, 9.17) is 0 Å². The minimum Gasteiger partial charge on any atom is -0.347 e. The monoisotopic (exact) mass is 244 g/mol. The number of rotatable bonds is 4. The molecular weight excluding hydrogens is 220 g/mol. The third-order valence-corrected chi connectivity index (χ3v) is 3.85. The van der Waals surface area contributed by atoms with Crippen molar-refractivity contribution in [3.05, 3.63) is 34.5 Å². The molecule has 0 saturated heterocycles. The first kappa shape index (κ1) is 13.2. The maximum atomic E-state index is 3.42. The molecule has 2 heteroatoms. The van der Waals surface area contributed by atoms with Gasteiger partial charge in [-0.25, -0.2) is 0 Å².